The van der Waals surface area contributed by atoms with Crippen LogP contribution in [0.2, 0.25) is 0 Å². The van der Waals surface area contributed by atoms with Gasteiger partial charge in [-0.15, -0.1) is 0 Å². The summed E-state index contributed by atoms with van der Waals surface area (Å²) in [6, 6.07) is 12.1. The molecule has 0 atom stereocenters. The molecular weight excluding hydrogens is 278 g/mol. The zero-order chi connectivity index (χ0) is 11.7. The maximum absolute atomic E-state index is 4.46. The summed E-state index contributed by atoms with van der Waals surface area (Å²) >= 11 is 3.47. The van der Waals surface area contributed by atoms with Crippen molar-refractivity contribution in [2.45, 2.75) is 6.42 Å². The SMILES string of the molecule is Brc1cccc(Cc2nc3ncccc3[nH]2)c1. The van der Waals surface area contributed by atoms with E-state index < -0.39 is 0 Å². The molecule has 0 aliphatic carbocycles. The van der Waals surface area contributed by atoms with Gasteiger partial charge in [0.1, 0.15) is 5.82 Å². The van der Waals surface area contributed by atoms with Crippen molar-refractivity contribution in [3.63, 3.8) is 0 Å². The van der Waals surface area contributed by atoms with Crippen molar-refractivity contribution in [2.75, 3.05) is 0 Å². The number of nitrogens with zero attached hydrogens (tertiary/aromatic N) is 2. The van der Waals surface area contributed by atoms with Crippen molar-refractivity contribution >= 4 is 27.1 Å². The van der Waals surface area contributed by atoms with Crippen molar-refractivity contribution in [1.82, 2.24) is 15.0 Å². The number of rotatable bonds is 2. The molecule has 1 N–H and O–H groups in total. The van der Waals surface area contributed by atoms with Crippen LogP contribution in [0.5, 0.6) is 0 Å². The molecule has 0 aliphatic rings. The lowest BCUT2D eigenvalue weighted by molar-refractivity contribution is 1.03. The van der Waals surface area contributed by atoms with Crippen LogP contribution in [-0.4, -0.2) is 15.0 Å². The Bertz CT molecular complexity index is 627. The topological polar surface area (TPSA) is 41.6 Å². The van der Waals surface area contributed by atoms with E-state index in [1.807, 2.05) is 24.3 Å². The molecule has 1 aromatic carbocycles. The summed E-state index contributed by atoms with van der Waals surface area (Å²) in [5.41, 5.74) is 2.98. The van der Waals surface area contributed by atoms with Gasteiger partial charge in [-0.2, -0.15) is 0 Å². The summed E-state index contributed by atoms with van der Waals surface area (Å²) in [6.45, 7) is 0. The predicted molar refractivity (Wildman–Crippen MR) is 70.8 cm³/mol. The summed E-state index contributed by atoms with van der Waals surface area (Å²) in [4.78, 5) is 11.9. The van der Waals surface area contributed by atoms with Gasteiger partial charge in [0.25, 0.3) is 0 Å². The van der Waals surface area contributed by atoms with E-state index in [4.69, 9.17) is 0 Å². The van der Waals surface area contributed by atoms with Crippen LogP contribution in [0.1, 0.15) is 11.4 Å². The second-order valence-corrected chi connectivity index (χ2v) is 4.78. The normalized spacial score (nSPS) is 10.9. The van der Waals surface area contributed by atoms with Crippen LogP contribution in [0.4, 0.5) is 0 Å². The van der Waals surface area contributed by atoms with E-state index in [1.165, 1.54) is 5.56 Å². The van der Waals surface area contributed by atoms with Crippen LogP contribution in [0.25, 0.3) is 11.2 Å². The Morgan fingerprint density at radius 1 is 1.18 bits per heavy atom. The molecule has 3 aromatic rings. The second kappa shape index (κ2) is 4.30. The Balaban J connectivity index is 1.94. The highest BCUT2D eigenvalue weighted by atomic mass is 79.9. The monoisotopic (exact) mass is 287 g/mol. The highest BCUT2D eigenvalue weighted by molar-refractivity contribution is 9.10. The van der Waals surface area contributed by atoms with Crippen molar-refractivity contribution in [3.8, 4) is 0 Å². The fraction of sp³-hybridized carbons (Fsp3) is 0.0769. The predicted octanol–water partition coefficient (Wildman–Crippen LogP) is 3.31. The van der Waals surface area contributed by atoms with Crippen molar-refractivity contribution in [2.24, 2.45) is 0 Å². The number of hydrogen-bond donors (Lipinski definition) is 1. The summed E-state index contributed by atoms with van der Waals surface area (Å²) < 4.78 is 1.09. The van der Waals surface area contributed by atoms with Gasteiger partial charge in [0, 0.05) is 17.1 Å². The van der Waals surface area contributed by atoms with Gasteiger partial charge in [0.05, 0.1) is 5.52 Å². The lowest BCUT2D eigenvalue weighted by atomic mass is 10.1. The van der Waals surface area contributed by atoms with Crippen molar-refractivity contribution < 1.29 is 0 Å². The average Bonchev–Trinajstić information content (AvgIpc) is 2.71. The number of imidazole rings is 1. The van der Waals surface area contributed by atoms with E-state index in [9.17, 15) is 0 Å². The van der Waals surface area contributed by atoms with Gasteiger partial charge in [-0.25, -0.2) is 9.97 Å². The van der Waals surface area contributed by atoms with Crippen LogP contribution in [0.15, 0.2) is 47.1 Å². The van der Waals surface area contributed by atoms with E-state index >= 15 is 0 Å². The highest BCUT2D eigenvalue weighted by Crippen LogP contribution is 2.15. The molecule has 0 radical (unpaired) electrons. The van der Waals surface area contributed by atoms with Gasteiger partial charge < -0.3 is 4.98 Å². The lowest BCUT2D eigenvalue weighted by Crippen LogP contribution is -1.90. The number of hydrogen-bond acceptors (Lipinski definition) is 2. The van der Waals surface area contributed by atoms with Gasteiger partial charge in [0.15, 0.2) is 5.65 Å². The molecule has 3 nitrogen and oxygen atoms in total. The zero-order valence-electron chi connectivity index (χ0n) is 9.02. The quantitative estimate of drug-likeness (QED) is 0.786. The Kier molecular flexibility index (Phi) is 2.65. The molecule has 84 valence electrons. The molecule has 0 aliphatic heterocycles. The van der Waals surface area contributed by atoms with Gasteiger partial charge in [-0.05, 0) is 29.8 Å². The molecular formula is C13H10BrN3. The standard InChI is InChI=1S/C13H10BrN3/c14-10-4-1-3-9(7-10)8-12-16-11-5-2-6-15-13(11)17-12/h1-7H,8H2,(H,15,16,17). The van der Waals surface area contributed by atoms with Crippen LogP contribution < -0.4 is 0 Å². The molecule has 2 aromatic heterocycles. The van der Waals surface area contributed by atoms with Crippen LogP contribution in [0.3, 0.4) is 0 Å². The summed E-state index contributed by atoms with van der Waals surface area (Å²) in [5, 5.41) is 0. The zero-order valence-corrected chi connectivity index (χ0v) is 10.6. The molecule has 17 heavy (non-hydrogen) atoms. The number of aromatic nitrogens is 3. The first-order valence-corrected chi connectivity index (χ1v) is 6.14. The molecule has 0 bridgehead atoms. The molecule has 0 unspecified atom stereocenters. The van der Waals surface area contributed by atoms with E-state index in [0.29, 0.717) is 0 Å². The summed E-state index contributed by atoms with van der Waals surface area (Å²) in [6.07, 6.45) is 2.54. The number of nitrogens with one attached hydrogen (secondary N) is 1. The molecule has 0 spiro atoms. The first-order chi connectivity index (χ1) is 8.31. The third kappa shape index (κ3) is 2.22. The van der Waals surface area contributed by atoms with Crippen molar-refractivity contribution in [3.05, 3.63) is 58.5 Å². The van der Waals surface area contributed by atoms with Crippen LogP contribution >= 0.6 is 15.9 Å². The number of aromatic amines is 1. The maximum Gasteiger partial charge on any atom is 0.177 e. The Morgan fingerprint density at radius 2 is 2.12 bits per heavy atom. The number of benzene rings is 1. The number of pyridine rings is 1. The van der Waals surface area contributed by atoms with Crippen LogP contribution in [0, 0.1) is 0 Å². The van der Waals surface area contributed by atoms with Gasteiger partial charge in [0.2, 0.25) is 0 Å². The number of H-pyrrole nitrogens is 1. The molecule has 4 heteroatoms. The first-order valence-electron chi connectivity index (χ1n) is 5.35. The fourth-order valence-corrected chi connectivity index (χ4v) is 2.27. The number of halogens is 1. The summed E-state index contributed by atoms with van der Waals surface area (Å²) in [5.74, 6) is 0.941. The largest absolute Gasteiger partial charge is 0.340 e. The fourth-order valence-electron chi connectivity index (χ4n) is 1.82. The van der Waals surface area contributed by atoms with E-state index in [0.717, 1.165) is 27.9 Å². The van der Waals surface area contributed by atoms with Crippen LogP contribution in [-0.2, 0) is 6.42 Å². The first kappa shape index (κ1) is 10.5. The smallest absolute Gasteiger partial charge is 0.177 e. The molecule has 0 fully saturated rings. The van der Waals surface area contributed by atoms with Gasteiger partial charge in [-0.3, -0.25) is 0 Å². The Hall–Kier alpha value is -1.68. The third-order valence-corrected chi connectivity index (χ3v) is 3.06. The second-order valence-electron chi connectivity index (χ2n) is 3.86. The van der Waals surface area contributed by atoms with E-state index in [2.05, 4.69) is 43.0 Å². The lowest BCUT2D eigenvalue weighted by Gasteiger charge is -1.98. The number of fused-ring (bicyclic) bond motifs is 1. The molecule has 3 rings (SSSR count). The molecule has 2 heterocycles. The average molecular weight is 288 g/mol. The summed E-state index contributed by atoms with van der Waals surface area (Å²) in [7, 11) is 0. The highest BCUT2D eigenvalue weighted by Gasteiger charge is 2.04. The molecule has 0 saturated carbocycles. The van der Waals surface area contributed by atoms with E-state index in [1.54, 1.807) is 6.20 Å². The Morgan fingerprint density at radius 3 is 2.94 bits per heavy atom. The van der Waals surface area contributed by atoms with Gasteiger partial charge in [-0.1, -0.05) is 28.1 Å². The molecule has 0 amide bonds. The minimum atomic E-state index is 0.775. The maximum atomic E-state index is 4.46. The Labute approximate surface area is 107 Å². The third-order valence-electron chi connectivity index (χ3n) is 2.57. The molecule has 0 saturated heterocycles. The minimum Gasteiger partial charge on any atom is -0.340 e. The van der Waals surface area contributed by atoms with E-state index in [-0.39, 0.29) is 0 Å². The van der Waals surface area contributed by atoms with Crippen molar-refractivity contribution in [1.29, 1.82) is 0 Å². The van der Waals surface area contributed by atoms with Gasteiger partial charge >= 0.3 is 0 Å². The minimum absolute atomic E-state index is 0.775.